The second-order valence-electron chi connectivity index (χ2n) is 4.81. The highest BCUT2D eigenvalue weighted by Gasteiger charge is 2.33. The van der Waals surface area contributed by atoms with Crippen molar-refractivity contribution in [1.82, 2.24) is 4.90 Å². The second kappa shape index (κ2) is 4.44. The zero-order chi connectivity index (χ0) is 11.6. The molecule has 3 heteroatoms. The number of nitrogens with two attached hydrogens (primary N) is 1. The summed E-state index contributed by atoms with van der Waals surface area (Å²) in [6.45, 7) is 5.16. The third-order valence-electron chi connectivity index (χ3n) is 3.46. The first-order chi connectivity index (χ1) is 7.63. The van der Waals surface area contributed by atoms with Crippen molar-refractivity contribution in [3.63, 3.8) is 0 Å². The van der Waals surface area contributed by atoms with Crippen LogP contribution in [0.5, 0.6) is 0 Å². The summed E-state index contributed by atoms with van der Waals surface area (Å²) in [5, 5.41) is 0. The summed E-state index contributed by atoms with van der Waals surface area (Å²) < 4.78 is 5.52. The molecule has 0 saturated carbocycles. The molecular weight excluding hydrogens is 200 g/mol. The van der Waals surface area contributed by atoms with E-state index in [2.05, 4.69) is 17.9 Å². The number of ether oxygens (including phenoxy) is 1. The molecule has 0 amide bonds. The summed E-state index contributed by atoms with van der Waals surface area (Å²) in [5.74, 6) is 0. The van der Waals surface area contributed by atoms with Gasteiger partial charge >= 0.3 is 0 Å². The van der Waals surface area contributed by atoms with E-state index in [4.69, 9.17) is 10.5 Å². The lowest BCUT2D eigenvalue weighted by Gasteiger charge is -2.23. The van der Waals surface area contributed by atoms with Gasteiger partial charge in [0, 0.05) is 32.4 Å². The Labute approximate surface area is 97.2 Å². The largest absolute Gasteiger partial charge is 0.398 e. The maximum atomic E-state index is 5.94. The fraction of sp³-hybridized carbons (Fsp3) is 0.538. The minimum absolute atomic E-state index is 0.0174. The van der Waals surface area contributed by atoms with Crippen LogP contribution < -0.4 is 5.73 Å². The van der Waals surface area contributed by atoms with Gasteiger partial charge in [-0.1, -0.05) is 18.2 Å². The highest BCUT2D eigenvalue weighted by Crippen LogP contribution is 2.26. The van der Waals surface area contributed by atoms with Gasteiger partial charge in [0.25, 0.3) is 0 Å². The molecule has 0 bridgehead atoms. The average Bonchev–Trinajstić information content (AvgIpc) is 2.65. The van der Waals surface area contributed by atoms with Gasteiger partial charge in [-0.2, -0.15) is 0 Å². The predicted octanol–water partition coefficient (Wildman–Crippen LogP) is 1.88. The number of anilines is 1. The van der Waals surface area contributed by atoms with Gasteiger partial charge in [0.05, 0.1) is 5.60 Å². The molecule has 3 nitrogen and oxygen atoms in total. The summed E-state index contributed by atoms with van der Waals surface area (Å²) >= 11 is 0. The molecule has 1 aliphatic heterocycles. The molecule has 1 aliphatic rings. The van der Waals surface area contributed by atoms with Gasteiger partial charge < -0.3 is 10.5 Å². The number of likely N-dealkylation sites (tertiary alicyclic amines) is 1. The summed E-state index contributed by atoms with van der Waals surface area (Å²) in [7, 11) is 1.79. The predicted molar refractivity (Wildman–Crippen MR) is 66.2 cm³/mol. The Kier molecular flexibility index (Phi) is 3.17. The Morgan fingerprint density at radius 2 is 2.19 bits per heavy atom. The van der Waals surface area contributed by atoms with Crippen LogP contribution in [0.2, 0.25) is 0 Å². The van der Waals surface area contributed by atoms with Crippen molar-refractivity contribution in [1.29, 1.82) is 0 Å². The van der Waals surface area contributed by atoms with Gasteiger partial charge in [-0.25, -0.2) is 0 Å². The van der Waals surface area contributed by atoms with E-state index in [0.29, 0.717) is 0 Å². The lowest BCUT2D eigenvalue weighted by Crippen LogP contribution is -2.31. The van der Waals surface area contributed by atoms with E-state index < -0.39 is 0 Å². The van der Waals surface area contributed by atoms with Crippen LogP contribution in [0.25, 0.3) is 0 Å². The Hall–Kier alpha value is -1.06. The lowest BCUT2D eigenvalue weighted by molar-refractivity contribution is 0.0143. The van der Waals surface area contributed by atoms with Crippen LogP contribution in [0.1, 0.15) is 18.9 Å². The van der Waals surface area contributed by atoms with E-state index in [1.54, 1.807) is 7.11 Å². The van der Waals surface area contributed by atoms with Gasteiger partial charge in [-0.3, -0.25) is 4.90 Å². The Bertz CT molecular complexity index is 367. The van der Waals surface area contributed by atoms with E-state index in [1.807, 2.05) is 18.2 Å². The summed E-state index contributed by atoms with van der Waals surface area (Å²) in [5.41, 5.74) is 8.05. The molecule has 1 aromatic carbocycles. The lowest BCUT2D eigenvalue weighted by atomic mass is 10.1. The van der Waals surface area contributed by atoms with Crippen molar-refractivity contribution in [2.75, 3.05) is 25.9 Å². The Balaban J connectivity index is 2.00. The smallest absolute Gasteiger partial charge is 0.0789 e. The number of para-hydroxylation sites is 1. The molecule has 0 radical (unpaired) electrons. The average molecular weight is 220 g/mol. The molecular formula is C13H20N2O. The van der Waals surface area contributed by atoms with Crippen molar-refractivity contribution in [2.24, 2.45) is 0 Å². The standard InChI is InChI=1S/C13H20N2O/c1-13(16-2)7-8-15(10-13)9-11-5-3-4-6-12(11)14/h3-6H,7-10,14H2,1-2H3. The van der Waals surface area contributed by atoms with Crippen LogP contribution >= 0.6 is 0 Å². The van der Waals surface area contributed by atoms with Crippen molar-refractivity contribution in [3.05, 3.63) is 29.8 Å². The molecule has 0 aromatic heterocycles. The number of hydrogen-bond donors (Lipinski definition) is 1. The zero-order valence-corrected chi connectivity index (χ0v) is 10.1. The molecule has 1 atom stereocenters. The first-order valence-electron chi connectivity index (χ1n) is 5.74. The fourth-order valence-electron chi connectivity index (χ4n) is 2.25. The monoisotopic (exact) mass is 220 g/mol. The van der Waals surface area contributed by atoms with E-state index in [9.17, 15) is 0 Å². The number of rotatable bonds is 3. The SMILES string of the molecule is COC1(C)CCN(Cc2ccccc2N)C1. The van der Waals surface area contributed by atoms with Crippen molar-refractivity contribution in [2.45, 2.75) is 25.5 Å². The third kappa shape index (κ3) is 2.36. The van der Waals surface area contributed by atoms with Crippen LogP contribution in [-0.4, -0.2) is 30.7 Å². The van der Waals surface area contributed by atoms with Crippen molar-refractivity contribution >= 4 is 5.69 Å². The number of benzene rings is 1. The topological polar surface area (TPSA) is 38.5 Å². The molecule has 0 aliphatic carbocycles. The molecule has 0 spiro atoms. The van der Waals surface area contributed by atoms with E-state index >= 15 is 0 Å². The molecule has 1 saturated heterocycles. The number of nitrogen functional groups attached to an aromatic ring is 1. The van der Waals surface area contributed by atoms with Crippen LogP contribution in [0.15, 0.2) is 24.3 Å². The molecule has 1 aromatic rings. The summed E-state index contributed by atoms with van der Waals surface area (Å²) in [6.07, 6.45) is 1.09. The third-order valence-corrected chi connectivity index (χ3v) is 3.46. The van der Waals surface area contributed by atoms with Crippen LogP contribution in [0, 0.1) is 0 Å². The minimum Gasteiger partial charge on any atom is -0.398 e. The maximum Gasteiger partial charge on any atom is 0.0789 e. The van der Waals surface area contributed by atoms with E-state index in [0.717, 1.165) is 31.7 Å². The quantitative estimate of drug-likeness (QED) is 0.790. The molecule has 2 rings (SSSR count). The van der Waals surface area contributed by atoms with E-state index in [1.165, 1.54) is 5.56 Å². The van der Waals surface area contributed by atoms with Gasteiger partial charge in [0.2, 0.25) is 0 Å². The number of methoxy groups -OCH3 is 1. The van der Waals surface area contributed by atoms with Gasteiger partial charge in [0.15, 0.2) is 0 Å². The summed E-state index contributed by atoms with van der Waals surface area (Å²) in [6, 6.07) is 8.07. The highest BCUT2D eigenvalue weighted by atomic mass is 16.5. The highest BCUT2D eigenvalue weighted by molar-refractivity contribution is 5.46. The normalized spacial score (nSPS) is 26.1. The maximum absolute atomic E-state index is 5.94. The fourth-order valence-corrected chi connectivity index (χ4v) is 2.25. The zero-order valence-electron chi connectivity index (χ0n) is 10.1. The van der Waals surface area contributed by atoms with Gasteiger partial charge in [0.1, 0.15) is 0 Å². The Morgan fingerprint density at radius 1 is 1.44 bits per heavy atom. The minimum atomic E-state index is 0.0174. The van der Waals surface area contributed by atoms with Crippen molar-refractivity contribution in [3.8, 4) is 0 Å². The first kappa shape index (κ1) is 11.4. The summed E-state index contributed by atoms with van der Waals surface area (Å²) in [4.78, 5) is 2.40. The molecule has 1 heterocycles. The van der Waals surface area contributed by atoms with Gasteiger partial charge in [-0.15, -0.1) is 0 Å². The van der Waals surface area contributed by atoms with Crippen molar-refractivity contribution < 1.29 is 4.74 Å². The van der Waals surface area contributed by atoms with Crippen LogP contribution in [0.4, 0.5) is 5.69 Å². The number of nitrogens with zero attached hydrogens (tertiary/aromatic N) is 1. The molecule has 1 fully saturated rings. The molecule has 2 N–H and O–H groups in total. The molecule has 88 valence electrons. The number of hydrogen-bond acceptors (Lipinski definition) is 3. The second-order valence-corrected chi connectivity index (χ2v) is 4.81. The van der Waals surface area contributed by atoms with E-state index in [-0.39, 0.29) is 5.60 Å². The van der Waals surface area contributed by atoms with Crippen LogP contribution in [0.3, 0.4) is 0 Å². The van der Waals surface area contributed by atoms with Gasteiger partial charge in [-0.05, 0) is 25.0 Å². The van der Waals surface area contributed by atoms with Crippen LogP contribution in [-0.2, 0) is 11.3 Å². The molecule has 16 heavy (non-hydrogen) atoms. The first-order valence-corrected chi connectivity index (χ1v) is 5.74. The Morgan fingerprint density at radius 3 is 2.81 bits per heavy atom. The molecule has 1 unspecified atom stereocenters.